The van der Waals surface area contributed by atoms with Gasteiger partial charge in [-0.3, -0.25) is 0 Å². The number of pyridine rings is 1. The Hall–Kier alpha value is -1.35. The van der Waals surface area contributed by atoms with Crippen molar-refractivity contribution >= 4 is 11.0 Å². The summed E-state index contributed by atoms with van der Waals surface area (Å²) >= 11 is 0. The van der Waals surface area contributed by atoms with E-state index < -0.39 is 0 Å². The second kappa shape index (κ2) is 4.09. The zero-order valence-electron chi connectivity index (χ0n) is 11.3. The number of ether oxygens (including phenoxy) is 1. The lowest BCUT2D eigenvalue weighted by Gasteiger charge is -2.29. The predicted molar refractivity (Wildman–Crippen MR) is 72.8 cm³/mol. The SMILES string of the molecule is CC(C)(C)c1cc2cc[nH]c2nc1CC1COC1. The van der Waals surface area contributed by atoms with Gasteiger partial charge in [-0.25, -0.2) is 4.98 Å². The Bertz CT molecular complexity index is 561. The zero-order valence-corrected chi connectivity index (χ0v) is 11.3. The van der Waals surface area contributed by atoms with Gasteiger partial charge in [0, 0.05) is 23.2 Å². The molecule has 0 atom stereocenters. The van der Waals surface area contributed by atoms with Crippen molar-refractivity contribution in [3.63, 3.8) is 0 Å². The monoisotopic (exact) mass is 244 g/mol. The van der Waals surface area contributed by atoms with Crippen LogP contribution in [-0.2, 0) is 16.6 Å². The van der Waals surface area contributed by atoms with Crippen molar-refractivity contribution in [1.29, 1.82) is 0 Å². The number of hydrogen-bond donors (Lipinski definition) is 1. The molecule has 3 heterocycles. The highest BCUT2D eigenvalue weighted by atomic mass is 16.5. The molecule has 0 saturated carbocycles. The molecule has 0 bridgehead atoms. The topological polar surface area (TPSA) is 37.9 Å². The van der Waals surface area contributed by atoms with E-state index in [1.165, 1.54) is 16.6 Å². The molecular formula is C15H20N2O. The van der Waals surface area contributed by atoms with Crippen molar-refractivity contribution in [2.75, 3.05) is 13.2 Å². The molecular weight excluding hydrogens is 224 g/mol. The molecule has 0 aromatic carbocycles. The largest absolute Gasteiger partial charge is 0.381 e. The van der Waals surface area contributed by atoms with Crippen LogP contribution in [0.5, 0.6) is 0 Å². The average Bonchev–Trinajstić information content (AvgIpc) is 2.67. The second-order valence-corrected chi connectivity index (χ2v) is 6.26. The molecule has 3 heteroatoms. The van der Waals surface area contributed by atoms with Gasteiger partial charge in [-0.1, -0.05) is 20.8 Å². The fourth-order valence-electron chi connectivity index (χ4n) is 2.50. The summed E-state index contributed by atoms with van der Waals surface area (Å²) in [5.74, 6) is 0.644. The first-order valence-electron chi connectivity index (χ1n) is 6.59. The first kappa shape index (κ1) is 11.7. The lowest BCUT2D eigenvalue weighted by atomic mass is 9.83. The molecule has 1 aliphatic heterocycles. The molecule has 1 fully saturated rings. The van der Waals surface area contributed by atoms with Crippen molar-refractivity contribution in [2.45, 2.75) is 32.6 Å². The van der Waals surface area contributed by atoms with Crippen LogP contribution in [0.2, 0.25) is 0 Å². The van der Waals surface area contributed by atoms with Crippen LogP contribution in [0.3, 0.4) is 0 Å². The second-order valence-electron chi connectivity index (χ2n) is 6.26. The first-order chi connectivity index (χ1) is 8.54. The minimum absolute atomic E-state index is 0.137. The van der Waals surface area contributed by atoms with Gasteiger partial charge in [0.25, 0.3) is 0 Å². The summed E-state index contributed by atoms with van der Waals surface area (Å²) in [4.78, 5) is 8.02. The van der Waals surface area contributed by atoms with Crippen molar-refractivity contribution in [3.05, 3.63) is 29.6 Å². The number of H-pyrrole nitrogens is 1. The maximum Gasteiger partial charge on any atom is 0.137 e. The maximum absolute atomic E-state index is 5.27. The summed E-state index contributed by atoms with van der Waals surface area (Å²) in [5, 5.41) is 1.20. The molecule has 2 aromatic heterocycles. The fraction of sp³-hybridized carbons (Fsp3) is 0.533. The summed E-state index contributed by atoms with van der Waals surface area (Å²) in [6.07, 6.45) is 2.99. The van der Waals surface area contributed by atoms with Gasteiger partial charge in [-0.05, 0) is 29.5 Å². The third-order valence-electron chi connectivity index (χ3n) is 3.61. The molecule has 96 valence electrons. The number of rotatable bonds is 2. The third kappa shape index (κ3) is 2.03. The number of fused-ring (bicyclic) bond motifs is 1. The van der Waals surface area contributed by atoms with Crippen LogP contribution < -0.4 is 0 Å². The van der Waals surface area contributed by atoms with Gasteiger partial charge in [0.1, 0.15) is 5.65 Å². The number of aromatic amines is 1. The van der Waals surface area contributed by atoms with E-state index in [1.54, 1.807) is 0 Å². The van der Waals surface area contributed by atoms with Gasteiger partial charge < -0.3 is 9.72 Å². The first-order valence-corrected chi connectivity index (χ1v) is 6.59. The van der Waals surface area contributed by atoms with Crippen LogP contribution in [0.25, 0.3) is 11.0 Å². The summed E-state index contributed by atoms with van der Waals surface area (Å²) in [7, 11) is 0. The third-order valence-corrected chi connectivity index (χ3v) is 3.61. The molecule has 3 nitrogen and oxygen atoms in total. The van der Waals surface area contributed by atoms with Crippen molar-refractivity contribution in [3.8, 4) is 0 Å². The highest BCUT2D eigenvalue weighted by molar-refractivity contribution is 5.76. The van der Waals surface area contributed by atoms with Gasteiger partial charge in [0.05, 0.1) is 13.2 Å². The molecule has 0 aliphatic carbocycles. The van der Waals surface area contributed by atoms with E-state index in [2.05, 4.69) is 37.9 Å². The summed E-state index contributed by atoms with van der Waals surface area (Å²) < 4.78 is 5.27. The zero-order chi connectivity index (χ0) is 12.8. The molecule has 3 rings (SSSR count). The molecule has 18 heavy (non-hydrogen) atoms. The quantitative estimate of drug-likeness (QED) is 0.881. The summed E-state index contributed by atoms with van der Waals surface area (Å²) in [6.45, 7) is 8.53. The molecule has 1 N–H and O–H groups in total. The fourth-order valence-corrected chi connectivity index (χ4v) is 2.50. The lowest BCUT2D eigenvalue weighted by molar-refractivity contribution is -0.0317. The number of nitrogens with one attached hydrogen (secondary N) is 1. The smallest absolute Gasteiger partial charge is 0.137 e. The summed E-state index contributed by atoms with van der Waals surface area (Å²) in [6, 6.07) is 4.38. The minimum Gasteiger partial charge on any atom is -0.381 e. The standard InChI is InChI=1S/C15H20N2O/c1-15(2,3)12-7-11-4-5-16-14(11)17-13(12)6-10-8-18-9-10/h4-5,7,10H,6,8-9H2,1-3H3,(H,16,17). The number of nitrogens with zero attached hydrogens (tertiary/aromatic N) is 1. The van der Waals surface area contributed by atoms with Crippen LogP contribution in [0.15, 0.2) is 18.3 Å². The van der Waals surface area contributed by atoms with Gasteiger partial charge >= 0.3 is 0 Å². The van der Waals surface area contributed by atoms with E-state index in [0.29, 0.717) is 5.92 Å². The predicted octanol–water partition coefficient (Wildman–Crippen LogP) is 3.05. The van der Waals surface area contributed by atoms with E-state index in [0.717, 1.165) is 25.3 Å². The van der Waals surface area contributed by atoms with Crippen LogP contribution in [0, 0.1) is 5.92 Å². The molecule has 0 spiro atoms. The van der Waals surface area contributed by atoms with Crippen molar-refractivity contribution < 1.29 is 4.74 Å². The van der Waals surface area contributed by atoms with Gasteiger partial charge in [0.15, 0.2) is 0 Å². The van der Waals surface area contributed by atoms with Crippen LogP contribution in [0.4, 0.5) is 0 Å². The Balaban J connectivity index is 2.06. The van der Waals surface area contributed by atoms with Crippen LogP contribution >= 0.6 is 0 Å². The van der Waals surface area contributed by atoms with Gasteiger partial charge in [0.2, 0.25) is 0 Å². The molecule has 1 aliphatic rings. The Kier molecular flexibility index (Phi) is 2.67. The molecule has 1 saturated heterocycles. The van der Waals surface area contributed by atoms with E-state index in [4.69, 9.17) is 9.72 Å². The van der Waals surface area contributed by atoms with Crippen molar-refractivity contribution in [2.24, 2.45) is 5.92 Å². The Morgan fingerprint density at radius 3 is 2.78 bits per heavy atom. The Morgan fingerprint density at radius 1 is 1.39 bits per heavy atom. The van der Waals surface area contributed by atoms with E-state index >= 15 is 0 Å². The maximum atomic E-state index is 5.27. The number of aromatic nitrogens is 2. The van der Waals surface area contributed by atoms with E-state index in [1.807, 2.05) is 6.20 Å². The van der Waals surface area contributed by atoms with Crippen molar-refractivity contribution in [1.82, 2.24) is 9.97 Å². The molecule has 0 radical (unpaired) electrons. The van der Waals surface area contributed by atoms with E-state index in [-0.39, 0.29) is 5.41 Å². The normalized spacial score (nSPS) is 17.1. The Labute approximate surface area is 108 Å². The van der Waals surface area contributed by atoms with E-state index in [9.17, 15) is 0 Å². The van der Waals surface area contributed by atoms with Crippen LogP contribution in [0.1, 0.15) is 32.0 Å². The molecule has 0 unspecified atom stereocenters. The van der Waals surface area contributed by atoms with Gasteiger partial charge in [-0.15, -0.1) is 0 Å². The lowest BCUT2D eigenvalue weighted by Crippen LogP contribution is -2.30. The Morgan fingerprint density at radius 2 is 2.17 bits per heavy atom. The highest BCUT2D eigenvalue weighted by Crippen LogP contribution is 2.30. The highest BCUT2D eigenvalue weighted by Gasteiger charge is 2.25. The average molecular weight is 244 g/mol. The number of hydrogen-bond acceptors (Lipinski definition) is 2. The minimum atomic E-state index is 0.137. The van der Waals surface area contributed by atoms with Gasteiger partial charge in [-0.2, -0.15) is 0 Å². The van der Waals surface area contributed by atoms with Crippen LogP contribution in [-0.4, -0.2) is 23.2 Å². The summed E-state index contributed by atoms with van der Waals surface area (Å²) in [5.41, 5.74) is 3.73. The molecule has 0 amide bonds. The molecule has 2 aromatic rings.